The fraction of sp³-hybridized carbons (Fsp3) is 0.476. The van der Waals surface area contributed by atoms with E-state index in [0.717, 1.165) is 47.9 Å². The first kappa shape index (κ1) is 20.6. The van der Waals surface area contributed by atoms with Crippen LogP contribution in [0.25, 0.3) is 0 Å². The molecule has 3 N–H and O–H groups in total. The molecule has 0 aliphatic carbocycles. The molecule has 9 heteroatoms. The molecule has 8 nitrogen and oxygen atoms in total. The average Bonchev–Trinajstić information content (AvgIpc) is 3.36. The maximum absolute atomic E-state index is 11.6. The molecule has 160 valence electrons. The number of benzene rings is 1. The fourth-order valence-electron chi connectivity index (χ4n) is 4.22. The number of hydrogen-bond acceptors (Lipinski definition) is 7. The van der Waals surface area contributed by atoms with Crippen molar-refractivity contribution in [3.8, 4) is 11.5 Å². The lowest BCUT2D eigenvalue weighted by Crippen LogP contribution is -2.50. The quantitative estimate of drug-likeness (QED) is 0.729. The van der Waals surface area contributed by atoms with Crippen molar-refractivity contribution >= 4 is 28.3 Å². The van der Waals surface area contributed by atoms with Crippen LogP contribution in [0.4, 0.5) is 5.13 Å². The summed E-state index contributed by atoms with van der Waals surface area (Å²) < 4.78 is 11.1. The number of nitrogens with one attached hydrogen (secondary N) is 1. The monoisotopic (exact) mass is 430 g/mol. The molecular formula is C21H26N4O4S. The molecule has 2 aliphatic heterocycles. The Kier molecular flexibility index (Phi) is 5.66. The molecule has 1 aromatic carbocycles. The molecule has 1 unspecified atom stereocenters. The van der Waals surface area contributed by atoms with Gasteiger partial charge in [-0.1, -0.05) is 6.07 Å². The van der Waals surface area contributed by atoms with Gasteiger partial charge in [-0.05, 0) is 50.6 Å². The van der Waals surface area contributed by atoms with E-state index >= 15 is 0 Å². The topological polar surface area (TPSA) is 107 Å². The SMILES string of the molecule is CC(=O)Nc1ncc(CC(C)(c2ccc3c(c2)OCO3)N2CCC(C(N)=O)CC2)s1. The van der Waals surface area contributed by atoms with E-state index in [1.165, 1.54) is 18.3 Å². The van der Waals surface area contributed by atoms with E-state index < -0.39 is 0 Å². The molecule has 0 bridgehead atoms. The van der Waals surface area contributed by atoms with Crippen LogP contribution in [0.15, 0.2) is 24.4 Å². The van der Waals surface area contributed by atoms with Crippen LogP contribution in [0.2, 0.25) is 0 Å². The van der Waals surface area contributed by atoms with Gasteiger partial charge in [-0.2, -0.15) is 0 Å². The van der Waals surface area contributed by atoms with Crippen LogP contribution >= 0.6 is 11.3 Å². The zero-order chi connectivity index (χ0) is 21.3. The molecule has 0 saturated carbocycles. The third-order valence-corrected chi connectivity index (χ3v) is 6.86. The van der Waals surface area contributed by atoms with Gasteiger partial charge in [0.05, 0.1) is 0 Å². The fourth-order valence-corrected chi connectivity index (χ4v) is 5.23. The van der Waals surface area contributed by atoms with Gasteiger partial charge in [0.25, 0.3) is 0 Å². The van der Waals surface area contributed by atoms with Crippen LogP contribution in [0.5, 0.6) is 11.5 Å². The van der Waals surface area contributed by atoms with Gasteiger partial charge >= 0.3 is 0 Å². The molecular weight excluding hydrogens is 404 g/mol. The second-order valence-electron chi connectivity index (χ2n) is 8.00. The number of thiazole rings is 1. The summed E-state index contributed by atoms with van der Waals surface area (Å²) in [6.45, 7) is 5.45. The summed E-state index contributed by atoms with van der Waals surface area (Å²) in [6.07, 6.45) is 4.02. The maximum atomic E-state index is 11.6. The number of aromatic nitrogens is 1. The van der Waals surface area contributed by atoms with Gasteiger partial charge in [-0.3, -0.25) is 14.5 Å². The second kappa shape index (κ2) is 8.23. The first-order chi connectivity index (χ1) is 14.3. The third-order valence-electron chi connectivity index (χ3n) is 5.94. The Morgan fingerprint density at radius 2 is 2.03 bits per heavy atom. The highest BCUT2D eigenvalue weighted by atomic mass is 32.1. The Balaban J connectivity index is 1.63. The summed E-state index contributed by atoms with van der Waals surface area (Å²) >= 11 is 1.48. The Bertz CT molecular complexity index is 954. The van der Waals surface area contributed by atoms with Crippen molar-refractivity contribution in [2.24, 2.45) is 11.7 Å². The summed E-state index contributed by atoms with van der Waals surface area (Å²) in [5.74, 6) is 1.06. The Labute approximate surface area is 179 Å². The predicted octanol–water partition coefficient (Wildman–Crippen LogP) is 2.49. The standard InChI is InChI=1S/C21H26N4O4S/c1-13(26)24-20-23-11-16(30-20)10-21(2,25-7-5-14(6-8-25)19(22)27)15-3-4-17-18(9-15)29-12-28-17/h3-4,9,11,14H,5-8,10,12H2,1-2H3,(H2,22,27)(H,23,24,26). The van der Waals surface area contributed by atoms with Crippen molar-refractivity contribution in [1.29, 1.82) is 0 Å². The number of carbonyl (C=O) groups excluding carboxylic acids is 2. The lowest BCUT2D eigenvalue weighted by molar-refractivity contribution is -0.123. The van der Waals surface area contributed by atoms with Gasteiger partial charge < -0.3 is 20.5 Å². The minimum atomic E-state index is -0.344. The maximum Gasteiger partial charge on any atom is 0.231 e. The van der Waals surface area contributed by atoms with E-state index in [-0.39, 0.29) is 30.1 Å². The summed E-state index contributed by atoms with van der Waals surface area (Å²) in [4.78, 5) is 30.8. The van der Waals surface area contributed by atoms with Gasteiger partial charge in [-0.25, -0.2) is 4.98 Å². The first-order valence-corrected chi connectivity index (χ1v) is 10.8. The number of likely N-dealkylation sites (tertiary alicyclic amines) is 1. The lowest BCUT2D eigenvalue weighted by atomic mass is 9.83. The smallest absolute Gasteiger partial charge is 0.231 e. The lowest BCUT2D eigenvalue weighted by Gasteiger charge is -2.45. The normalized spacial score (nSPS) is 18.7. The molecule has 3 heterocycles. The van der Waals surface area contributed by atoms with Crippen molar-refractivity contribution in [2.45, 2.75) is 38.6 Å². The zero-order valence-electron chi connectivity index (χ0n) is 17.1. The van der Waals surface area contributed by atoms with Gasteiger partial charge in [0.2, 0.25) is 18.6 Å². The summed E-state index contributed by atoms with van der Waals surface area (Å²) in [7, 11) is 0. The van der Waals surface area contributed by atoms with Gasteiger partial charge in [0.1, 0.15) is 0 Å². The molecule has 2 aliphatic rings. The van der Waals surface area contributed by atoms with E-state index in [0.29, 0.717) is 11.6 Å². The highest BCUT2D eigenvalue weighted by Gasteiger charge is 2.38. The molecule has 1 saturated heterocycles. The summed E-state index contributed by atoms with van der Waals surface area (Å²) in [5, 5.41) is 3.34. The summed E-state index contributed by atoms with van der Waals surface area (Å²) in [5.41, 5.74) is 6.30. The molecule has 4 rings (SSSR count). The number of primary amides is 1. The van der Waals surface area contributed by atoms with Crippen LogP contribution in [0.1, 0.15) is 37.1 Å². The molecule has 1 atom stereocenters. The first-order valence-electron chi connectivity index (χ1n) is 10.0. The van der Waals surface area contributed by atoms with Crippen molar-refractivity contribution < 1.29 is 19.1 Å². The number of anilines is 1. The Morgan fingerprint density at radius 1 is 1.30 bits per heavy atom. The van der Waals surface area contributed by atoms with Crippen molar-refractivity contribution in [3.05, 3.63) is 34.8 Å². The molecule has 0 radical (unpaired) electrons. The number of piperidine rings is 1. The average molecular weight is 431 g/mol. The molecule has 1 fully saturated rings. The molecule has 30 heavy (non-hydrogen) atoms. The Morgan fingerprint density at radius 3 is 2.73 bits per heavy atom. The van der Waals surface area contributed by atoms with Crippen LogP contribution < -0.4 is 20.5 Å². The molecule has 0 spiro atoms. The minimum absolute atomic E-state index is 0.0722. The Hall–Kier alpha value is -2.65. The largest absolute Gasteiger partial charge is 0.454 e. The van der Waals surface area contributed by atoms with Crippen LogP contribution in [-0.4, -0.2) is 41.6 Å². The number of amides is 2. The van der Waals surface area contributed by atoms with Crippen molar-refractivity contribution in [3.63, 3.8) is 0 Å². The van der Waals surface area contributed by atoms with Crippen LogP contribution in [0.3, 0.4) is 0 Å². The zero-order valence-corrected chi connectivity index (χ0v) is 18.0. The van der Waals surface area contributed by atoms with E-state index in [4.69, 9.17) is 15.2 Å². The third kappa shape index (κ3) is 4.13. The molecule has 2 aromatic rings. The van der Waals surface area contributed by atoms with E-state index in [9.17, 15) is 9.59 Å². The highest BCUT2D eigenvalue weighted by molar-refractivity contribution is 7.15. The summed E-state index contributed by atoms with van der Waals surface area (Å²) in [6, 6.07) is 6.06. The molecule has 2 amide bonds. The number of hydrogen-bond donors (Lipinski definition) is 2. The molecule has 1 aromatic heterocycles. The highest BCUT2D eigenvalue weighted by Crippen LogP contribution is 2.41. The number of carbonyl (C=O) groups is 2. The van der Waals surface area contributed by atoms with Crippen molar-refractivity contribution in [2.75, 3.05) is 25.2 Å². The predicted molar refractivity (Wildman–Crippen MR) is 114 cm³/mol. The van der Waals surface area contributed by atoms with Crippen LogP contribution in [0, 0.1) is 5.92 Å². The van der Waals surface area contributed by atoms with E-state index in [2.05, 4.69) is 28.2 Å². The van der Waals surface area contributed by atoms with Crippen LogP contribution in [-0.2, 0) is 21.5 Å². The number of fused-ring (bicyclic) bond motifs is 1. The number of nitrogens with two attached hydrogens (primary N) is 1. The van der Waals surface area contributed by atoms with Crippen molar-refractivity contribution in [1.82, 2.24) is 9.88 Å². The minimum Gasteiger partial charge on any atom is -0.454 e. The second-order valence-corrected chi connectivity index (χ2v) is 9.11. The number of ether oxygens (including phenoxy) is 2. The van der Waals surface area contributed by atoms with E-state index in [1.807, 2.05) is 18.3 Å². The number of nitrogens with zero attached hydrogens (tertiary/aromatic N) is 2. The van der Waals surface area contributed by atoms with Gasteiger partial charge in [0.15, 0.2) is 16.6 Å². The van der Waals surface area contributed by atoms with Gasteiger partial charge in [-0.15, -0.1) is 11.3 Å². The number of rotatable bonds is 6. The van der Waals surface area contributed by atoms with Gasteiger partial charge in [0, 0.05) is 35.9 Å². The van der Waals surface area contributed by atoms with E-state index in [1.54, 1.807) is 0 Å².